The largest absolute Gasteiger partial charge is 0.381 e. The van der Waals surface area contributed by atoms with Crippen molar-refractivity contribution >= 4 is 5.91 Å². The van der Waals surface area contributed by atoms with Crippen molar-refractivity contribution in [1.29, 1.82) is 0 Å². The smallest absolute Gasteiger partial charge is 0.231 e. The quantitative estimate of drug-likeness (QED) is 0.931. The van der Waals surface area contributed by atoms with E-state index in [1.54, 1.807) is 0 Å². The molecule has 3 fully saturated rings. The fraction of sp³-hybridized carbons (Fsp3) is 0.632. The Hall–Kier alpha value is -1.35. The third-order valence-corrected chi connectivity index (χ3v) is 6.16. The van der Waals surface area contributed by atoms with Gasteiger partial charge in [-0.05, 0) is 49.5 Å². The van der Waals surface area contributed by atoms with Crippen molar-refractivity contribution in [1.82, 2.24) is 5.32 Å². The molecule has 1 saturated heterocycles. The van der Waals surface area contributed by atoms with Crippen molar-refractivity contribution in [2.75, 3.05) is 13.2 Å². The van der Waals surface area contributed by atoms with Crippen molar-refractivity contribution in [2.45, 2.75) is 50.0 Å². The SMILES string of the molecule is O=C(NC1CC2CCC1C2)C1(c2ccccc2)CCOCC1. The maximum absolute atomic E-state index is 13.2. The van der Waals surface area contributed by atoms with Crippen LogP contribution in [0.5, 0.6) is 0 Å². The van der Waals surface area contributed by atoms with E-state index in [1.807, 2.05) is 18.2 Å². The topological polar surface area (TPSA) is 38.3 Å². The molecule has 1 aromatic carbocycles. The molecule has 3 atom stereocenters. The Kier molecular flexibility index (Phi) is 3.69. The molecule has 3 aliphatic rings. The zero-order valence-corrected chi connectivity index (χ0v) is 13.1. The summed E-state index contributed by atoms with van der Waals surface area (Å²) in [4.78, 5) is 13.2. The highest BCUT2D eigenvalue weighted by Crippen LogP contribution is 2.45. The number of hydrogen-bond donors (Lipinski definition) is 1. The van der Waals surface area contributed by atoms with Gasteiger partial charge in [0, 0.05) is 19.3 Å². The molecule has 1 aromatic rings. The lowest BCUT2D eigenvalue weighted by Crippen LogP contribution is -2.52. The molecule has 3 nitrogen and oxygen atoms in total. The second-order valence-electron chi connectivity index (χ2n) is 7.32. The Balaban J connectivity index is 1.56. The second-order valence-corrected chi connectivity index (χ2v) is 7.32. The van der Waals surface area contributed by atoms with Gasteiger partial charge in [-0.3, -0.25) is 4.79 Å². The molecule has 3 heteroatoms. The summed E-state index contributed by atoms with van der Waals surface area (Å²) in [6, 6.07) is 10.7. The van der Waals surface area contributed by atoms with Gasteiger partial charge in [0.15, 0.2) is 0 Å². The maximum Gasteiger partial charge on any atom is 0.231 e. The van der Waals surface area contributed by atoms with E-state index in [4.69, 9.17) is 4.74 Å². The number of benzene rings is 1. The van der Waals surface area contributed by atoms with Crippen molar-refractivity contribution in [3.63, 3.8) is 0 Å². The van der Waals surface area contributed by atoms with Gasteiger partial charge in [0.05, 0.1) is 5.41 Å². The van der Waals surface area contributed by atoms with Crippen molar-refractivity contribution in [3.8, 4) is 0 Å². The average Bonchev–Trinajstić information content (AvgIpc) is 3.19. The van der Waals surface area contributed by atoms with E-state index in [0.29, 0.717) is 19.3 Å². The predicted molar refractivity (Wildman–Crippen MR) is 85.6 cm³/mol. The molecule has 1 N–H and O–H groups in total. The first-order chi connectivity index (χ1) is 10.8. The van der Waals surface area contributed by atoms with Gasteiger partial charge >= 0.3 is 0 Å². The summed E-state index contributed by atoms with van der Waals surface area (Å²) in [5.74, 6) is 1.82. The third-order valence-electron chi connectivity index (χ3n) is 6.16. The molecule has 1 aliphatic heterocycles. The molecule has 0 spiro atoms. The maximum atomic E-state index is 13.2. The minimum absolute atomic E-state index is 0.236. The van der Waals surface area contributed by atoms with E-state index < -0.39 is 0 Å². The fourth-order valence-electron chi connectivity index (χ4n) is 4.85. The van der Waals surface area contributed by atoms with Gasteiger partial charge in [-0.15, -0.1) is 0 Å². The first kappa shape index (κ1) is 14.3. The number of carbonyl (C=O) groups excluding carboxylic acids is 1. The Morgan fingerprint density at radius 3 is 2.50 bits per heavy atom. The number of nitrogens with one attached hydrogen (secondary N) is 1. The summed E-state index contributed by atoms with van der Waals surface area (Å²) < 4.78 is 5.54. The molecule has 0 aromatic heterocycles. The average molecular weight is 299 g/mol. The lowest BCUT2D eigenvalue weighted by Gasteiger charge is -2.38. The van der Waals surface area contributed by atoms with Crippen molar-refractivity contribution in [3.05, 3.63) is 35.9 Å². The summed E-state index contributed by atoms with van der Waals surface area (Å²) >= 11 is 0. The van der Waals surface area contributed by atoms with Gasteiger partial charge < -0.3 is 10.1 Å². The standard InChI is InChI=1S/C19H25NO2/c21-18(20-17-13-14-6-7-15(17)12-14)19(8-10-22-11-9-19)16-4-2-1-3-5-16/h1-5,14-15,17H,6-13H2,(H,20,21). The number of hydrogen-bond acceptors (Lipinski definition) is 2. The minimum Gasteiger partial charge on any atom is -0.381 e. The molecule has 1 amide bonds. The fourth-order valence-corrected chi connectivity index (χ4v) is 4.85. The van der Waals surface area contributed by atoms with Gasteiger partial charge in [0.2, 0.25) is 5.91 Å². The van der Waals surface area contributed by atoms with Crippen LogP contribution < -0.4 is 5.32 Å². The Morgan fingerprint density at radius 2 is 1.86 bits per heavy atom. The number of amides is 1. The highest BCUT2D eigenvalue weighted by molar-refractivity contribution is 5.88. The molecule has 2 bridgehead atoms. The van der Waals surface area contributed by atoms with Gasteiger partial charge in [0.25, 0.3) is 0 Å². The van der Waals surface area contributed by atoms with E-state index in [-0.39, 0.29) is 11.3 Å². The van der Waals surface area contributed by atoms with Crippen molar-refractivity contribution < 1.29 is 9.53 Å². The molecule has 2 aliphatic carbocycles. The molecule has 22 heavy (non-hydrogen) atoms. The highest BCUT2D eigenvalue weighted by atomic mass is 16.5. The van der Waals surface area contributed by atoms with Crippen LogP contribution in [0.15, 0.2) is 30.3 Å². The van der Waals surface area contributed by atoms with Gasteiger partial charge in [-0.25, -0.2) is 0 Å². The molecular weight excluding hydrogens is 274 g/mol. The summed E-state index contributed by atoms with van der Waals surface area (Å²) in [6.07, 6.45) is 6.78. The Bertz CT molecular complexity index is 536. The molecule has 4 rings (SSSR count). The predicted octanol–water partition coefficient (Wildman–Crippen LogP) is 3.04. The lowest BCUT2D eigenvalue weighted by molar-refractivity contribution is -0.131. The number of fused-ring (bicyclic) bond motifs is 2. The Morgan fingerprint density at radius 1 is 1.09 bits per heavy atom. The summed E-state index contributed by atoms with van der Waals surface area (Å²) in [5.41, 5.74) is 0.764. The zero-order valence-electron chi connectivity index (χ0n) is 13.1. The summed E-state index contributed by atoms with van der Waals surface area (Å²) in [6.45, 7) is 1.36. The Labute approximate surface area is 132 Å². The number of rotatable bonds is 3. The van der Waals surface area contributed by atoms with E-state index >= 15 is 0 Å². The highest BCUT2D eigenvalue weighted by Gasteiger charge is 2.45. The number of carbonyl (C=O) groups is 1. The second kappa shape index (κ2) is 5.69. The molecule has 3 unspecified atom stereocenters. The van der Waals surface area contributed by atoms with Crippen LogP contribution in [0.4, 0.5) is 0 Å². The van der Waals surface area contributed by atoms with Crippen LogP contribution in [-0.2, 0) is 14.9 Å². The van der Waals surface area contributed by atoms with Crippen LogP contribution in [0.25, 0.3) is 0 Å². The summed E-state index contributed by atoms with van der Waals surface area (Å²) in [7, 11) is 0. The van der Waals surface area contributed by atoms with Crippen LogP contribution in [-0.4, -0.2) is 25.2 Å². The van der Waals surface area contributed by atoms with Gasteiger partial charge in [0.1, 0.15) is 0 Å². The molecular formula is C19H25NO2. The van der Waals surface area contributed by atoms with Crippen LogP contribution in [0.1, 0.15) is 44.1 Å². The van der Waals surface area contributed by atoms with Crippen molar-refractivity contribution in [2.24, 2.45) is 11.8 Å². The normalized spacial score (nSPS) is 32.8. The van der Waals surface area contributed by atoms with Crippen LogP contribution in [0.3, 0.4) is 0 Å². The summed E-state index contributed by atoms with van der Waals surface area (Å²) in [5, 5.41) is 3.42. The zero-order chi connectivity index (χ0) is 15.0. The first-order valence-corrected chi connectivity index (χ1v) is 8.72. The van der Waals surface area contributed by atoms with Gasteiger partial charge in [-0.2, -0.15) is 0 Å². The first-order valence-electron chi connectivity index (χ1n) is 8.72. The van der Waals surface area contributed by atoms with E-state index in [1.165, 1.54) is 25.7 Å². The molecule has 118 valence electrons. The van der Waals surface area contributed by atoms with E-state index in [0.717, 1.165) is 30.2 Å². The molecule has 1 heterocycles. The third kappa shape index (κ3) is 2.36. The lowest BCUT2D eigenvalue weighted by atomic mass is 9.73. The molecule has 0 radical (unpaired) electrons. The monoisotopic (exact) mass is 299 g/mol. The number of ether oxygens (including phenoxy) is 1. The minimum atomic E-state index is -0.388. The van der Waals surface area contributed by atoms with Crippen LogP contribution >= 0.6 is 0 Å². The van der Waals surface area contributed by atoms with Crippen LogP contribution in [0.2, 0.25) is 0 Å². The van der Waals surface area contributed by atoms with E-state index in [9.17, 15) is 4.79 Å². The van der Waals surface area contributed by atoms with Crippen LogP contribution in [0, 0.1) is 11.8 Å². The molecule has 2 saturated carbocycles. The van der Waals surface area contributed by atoms with E-state index in [2.05, 4.69) is 17.4 Å². The van der Waals surface area contributed by atoms with Gasteiger partial charge in [-0.1, -0.05) is 36.8 Å².